The van der Waals surface area contributed by atoms with Crippen LogP contribution in [0.1, 0.15) is 26.7 Å². The second-order valence-electron chi connectivity index (χ2n) is 4.67. The minimum Gasteiger partial charge on any atom is -0.294 e. The largest absolute Gasteiger partial charge is 0.350 e. The van der Waals surface area contributed by atoms with Gasteiger partial charge in [0.05, 0.1) is 11.1 Å². The van der Waals surface area contributed by atoms with Crippen molar-refractivity contribution in [3.8, 4) is 0 Å². The molecule has 1 unspecified atom stereocenters. The lowest BCUT2D eigenvalue weighted by Crippen LogP contribution is -2.40. The molecule has 7 nitrogen and oxygen atoms in total. The van der Waals surface area contributed by atoms with Crippen molar-refractivity contribution in [2.24, 2.45) is 5.92 Å². The van der Waals surface area contributed by atoms with Crippen molar-refractivity contribution in [2.75, 3.05) is 5.88 Å². The first-order valence-corrected chi connectivity index (χ1v) is 7.00. The predicted molar refractivity (Wildman–Crippen MR) is 76.4 cm³/mol. The first-order valence-electron chi connectivity index (χ1n) is 6.47. The lowest BCUT2D eigenvalue weighted by Gasteiger charge is -2.12. The Bertz CT molecular complexity index is 593. The maximum Gasteiger partial charge on any atom is 0.350 e. The topological polar surface area (TPSA) is 87.1 Å². The molecule has 0 aliphatic heterocycles. The Kier molecular flexibility index (Phi) is 5.94. The van der Waals surface area contributed by atoms with Gasteiger partial charge >= 0.3 is 16.9 Å². The standard InChI is InChI=1S/C12H18ClN3O4/c1-3-14-8-10(16(19)20)11(17)15(12(14)18)7-5-9(2)4-6-13/h8-9H,3-7H2,1-2H3. The molecule has 1 aromatic heterocycles. The van der Waals surface area contributed by atoms with Crippen LogP contribution in [0.2, 0.25) is 0 Å². The highest BCUT2D eigenvalue weighted by atomic mass is 35.5. The van der Waals surface area contributed by atoms with Gasteiger partial charge in [0.2, 0.25) is 0 Å². The molecular weight excluding hydrogens is 286 g/mol. The van der Waals surface area contributed by atoms with Gasteiger partial charge in [-0.25, -0.2) is 4.79 Å². The van der Waals surface area contributed by atoms with Crippen molar-refractivity contribution in [2.45, 2.75) is 39.8 Å². The number of alkyl halides is 1. The zero-order valence-electron chi connectivity index (χ0n) is 11.5. The van der Waals surface area contributed by atoms with Crippen LogP contribution in [0.4, 0.5) is 5.69 Å². The molecule has 0 aromatic carbocycles. The van der Waals surface area contributed by atoms with Gasteiger partial charge in [0.15, 0.2) is 0 Å². The maximum absolute atomic E-state index is 12.0. The molecule has 0 aliphatic rings. The number of aryl methyl sites for hydroxylation is 1. The Hall–Kier alpha value is -1.63. The van der Waals surface area contributed by atoms with Gasteiger partial charge in [0.1, 0.15) is 0 Å². The van der Waals surface area contributed by atoms with Crippen LogP contribution < -0.4 is 11.2 Å². The average molecular weight is 304 g/mol. The highest BCUT2D eigenvalue weighted by molar-refractivity contribution is 6.17. The molecule has 0 aliphatic carbocycles. The van der Waals surface area contributed by atoms with Crippen LogP contribution in [0.5, 0.6) is 0 Å². The molecule has 1 atom stereocenters. The minimum atomic E-state index is -0.845. The van der Waals surface area contributed by atoms with E-state index >= 15 is 0 Å². The summed E-state index contributed by atoms with van der Waals surface area (Å²) >= 11 is 5.63. The van der Waals surface area contributed by atoms with Gasteiger partial charge in [0, 0.05) is 19.0 Å². The Morgan fingerprint density at radius 3 is 2.55 bits per heavy atom. The highest BCUT2D eigenvalue weighted by Crippen LogP contribution is 2.09. The Morgan fingerprint density at radius 2 is 2.05 bits per heavy atom. The summed E-state index contributed by atoms with van der Waals surface area (Å²) in [6, 6.07) is 0. The number of rotatable bonds is 7. The summed E-state index contributed by atoms with van der Waals surface area (Å²) in [7, 11) is 0. The van der Waals surface area contributed by atoms with E-state index in [2.05, 4.69) is 0 Å². The van der Waals surface area contributed by atoms with E-state index in [0.717, 1.165) is 17.2 Å². The van der Waals surface area contributed by atoms with E-state index in [1.165, 1.54) is 4.57 Å². The van der Waals surface area contributed by atoms with E-state index < -0.39 is 21.9 Å². The SMILES string of the molecule is CCn1cc([N+](=O)[O-])c(=O)n(CCC(C)CCCl)c1=O. The number of nitro groups is 1. The van der Waals surface area contributed by atoms with Crippen molar-refractivity contribution in [3.05, 3.63) is 37.1 Å². The van der Waals surface area contributed by atoms with E-state index in [1.807, 2.05) is 6.92 Å². The number of nitrogens with zero attached hydrogens (tertiary/aromatic N) is 3. The molecule has 1 rings (SSSR count). The van der Waals surface area contributed by atoms with Crippen LogP contribution >= 0.6 is 11.6 Å². The summed E-state index contributed by atoms with van der Waals surface area (Å²) in [6.07, 6.45) is 2.35. The fourth-order valence-corrected chi connectivity index (χ4v) is 2.24. The quantitative estimate of drug-likeness (QED) is 0.435. The first-order chi connectivity index (χ1) is 9.42. The van der Waals surface area contributed by atoms with Crippen LogP contribution in [0.15, 0.2) is 15.8 Å². The van der Waals surface area contributed by atoms with Gasteiger partial charge in [-0.15, -0.1) is 11.6 Å². The van der Waals surface area contributed by atoms with Crippen molar-refractivity contribution < 1.29 is 4.92 Å². The fourth-order valence-electron chi connectivity index (χ4n) is 1.87. The lowest BCUT2D eigenvalue weighted by atomic mass is 10.1. The summed E-state index contributed by atoms with van der Waals surface area (Å²) in [5.41, 5.74) is -1.93. The van der Waals surface area contributed by atoms with Crippen molar-refractivity contribution in [3.63, 3.8) is 0 Å². The molecular formula is C12H18ClN3O4. The molecule has 0 N–H and O–H groups in total. The van der Waals surface area contributed by atoms with Crippen molar-refractivity contribution in [1.29, 1.82) is 0 Å². The monoisotopic (exact) mass is 303 g/mol. The summed E-state index contributed by atoms with van der Waals surface area (Å²) in [6.45, 7) is 4.09. The van der Waals surface area contributed by atoms with E-state index in [1.54, 1.807) is 6.92 Å². The summed E-state index contributed by atoms with van der Waals surface area (Å²) in [4.78, 5) is 34.1. The maximum atomic E-state index is 12.0. The molecule has 0 spiro atoms. The van der Waals surface area contributed by atoms with Gasteiger partial charge in [-0.2, -0.15) is 0 Å². The second kappa shape index (κ2) is 7.23. The molecule has 8 heteroatoms. The highest BCUT2D eigenvalue weighted by Gasteiger charge is 2.19. The van der Waals surface area contributed by atoms with E-state index in [4.69, 9.17) is 11.6 Å². The summed E-state index contributed by atoms with van der Waals surface area (Å²) in [5.74, 6) is 0.748. The van der Waals surface area contributed by atoms with E-state index in [9.17, 15) is 19.7 Å². The first kappa shape index (κ1) is 16.4. The van der Waals surface area contributed by atoms with Crippen LogP contribution in [0.3, 0.4) is 0 Å². The predicted octanol–water partition coefficient (Wildman–Crippen LogP) is 1.59. The van der Waals surface area contributed by atoms with Gasteiger partial charge < -0.3 is 0 Å². The summed E-state index contributed by atoms with van der Waals surface area (Å²) < 4.78 is 2.11. The second-order valence-corrected chi connectivity index (χ2v) is 5.05. The van der Waals surface area contributed by atoms with Gasteiger partial charge in [-0.05, 0) is 25.7 Å². The van der Waals surface area contributed by atoms with Crippen molar-refractivity contribution >= 4 is 17.3 Å². The number of hydrogen-bond donors (Lipinski definition) is 0. The number of hydrogen-bond acceptors (Lipinski definition) is 4. The number of aromatic nitrogens is 2. The van der Waals surface area contributed by atoms with Gasteiger partial charge in [0.25, 0.3) is 0 Å². The van der Waals surface area contributed by atoms with E-state index in [-0.39, 0.29) is 19.0 Å². The zero-order valence-corrected chi connectivity index (χ0v) is 12.3. The van der Waals surface area contributed by atoms with Crippen LogP contribution in [-0.2, 0) is 13.1 Å². The molecule has 1 aromatic rings. The minimum absolute atomic E-state index is 0.164. The molecule has 0 amide bonds. The third-order valence-electron chi connectivity index (χ3n) is 3.20. The van der Waals surface area contributed by atoms with Crippen molar-refractivity contribution in [1.82, 2.24) is 9.13 Å². The Balaban J connectivity index is 3.17. The summed E-state index contributed by atoms with van der Waals surface area (Å²) in [5, 5.41) is 10.9. The molecule has 112 valence electrons. The lowest BCUT2D eigenvalue weighted by molar-refractivity contribution is -0.387. The number of halogens is 1. The molecule has 0 saturated heterocycles. The Labute approximate surface area is 120 Å². The normalized spacial score (nSPS) is 12.3. The third-order valence-corrected chi connectivity index (χ3v) is 3.42. The van der Waals surface area contributed by atoms with Gasteiger partial charge in [-0.3, -0.25) is 24.0 Å². The fraction of sp³-hybridized carbons (Fsp3) is 0.667. The van der Waals surface area contributed by atoms with E-state index in [0.29, 0.717) is 12.3 Å². The third kappa shape index (κ3) is 3.69. The molecule has 20 heavy (non-hydrogen) atoms. The zero-order chi connectivity index (χ0) is 15.3. The Morgan fingerprint density at radius 1 is 1.40 bits per heavy atom. The molecule has 0 fully saturated rings. The smallest absolute Gasteiger partial charge is 0.294 e. The van der Waals surface area contributed by atoms with Gasteiger partial charge in [-0.1, -0.05) is 6.92 Å². The van der Waals surface area contributed by atoms with Crippen LogP contribution in [-0.4, -0.2) is 19.9 Å². The molecule has 0 radical (unpaired) electrons. The van der Waals surface area contributed by atoms with Crippen LogP contribution in [0.25, 0.3) is 0 Å². The van der Waals surface area contributed by atoms with Crippen LogP contribution in [0, 0.1) is 16.0 Å². The molecule has 1 heterocycles. The molecule has 0 bridgehead atoms. The average Bonchev–Trinajstić information content (AvgIpc) is 2.38. The molecule has 0 saturated carbocycles.